The maximum Gasteiger partial charge on any atom is 0.213 e. The molecule has 2 aliphatic heterocycles. The van der Waals surface area contributed by atoms with E-state index in [9.17, 15) is 8.42 Å². The molecule has 0 aliphatic carbocycles. The van der Waals surface area contributed by atoms with Crippen LogP contribution in [0, 0.1) is 0 Å². The summed E-state index contributed by atoms with van der Waals surface area (Å²) in [6.45, 7) is 4.07. The molecule has 0 bridgehead atoms. The fraction of sp³-hybridized carbons (Fsp3) is 1.00. The molecular formula is C12H24N2O3S. The van der Waals surface area contributed by atoms with Gasteiger partial charge >= 0.3 is 0 Å². The van der Waals surface area contributed by atoms with E-state index in [4.69, 9.17) is 4.74 Å². The minimum Gasteiger partial charge on any atom is -0.380 e. The van der Waals surface area contributed by atoms with Gasteiger partial charge in [-0.2, -0.15) is 0 Å². The molecule has 5 nitrogen and oxygen atoms in total. The van der Waals surface area contributed by atoms with Gasteiger partial charge in [-0.3, -0.25) is 0 Å². The first-order chi connectivity index (χ1) is 8.49. The molecule has 2 rings (SSSR count). The Morgan fingerprint density at radius 1 is 1.39 bits per heavy atom. The highest BCUT2D eigenvalue weighted by atomic mass is 32.2. The Morgan fingerprint density at radius 2 is 2.22 bits per heavy atom. The van der Waals surface area contributed by atoms with E-state index in [1.807, 2.05) is 6.92 Å². The first-order valence-corrected chi connectivity index (χ1v) is 8.47. The lowest BCUT2D eigenvalue weighted by atomic mass is 9.97. The van der Waals surface area contributed by atoms with Crippen molar-refractivity contribution in [2.45, 2.75) is 50.6 Å². The number of nitrogens with one attached hydrogen (secondary N) is 2. The number of hydrogen-bond donors (Lipinski definition) is 2. The Bertz CT molecular complexity index is 358. The molecule has 0 saturated carbocycles. The van der Waals surface area contributed by atoms with Crippen LogP contribution in [-0.4, -0.2) is 45.5 Å². The predicted octanol–water partition coefficient (Wildman–Crippen LogP) is 0.617. The number of hydrogen-bond acceptors (Lipinski definition) is 4. The Balaban J connectivity index is 1.89. The fourth-order valence-corrected chi connectivity index (χ4v) is 4.57. The second kappa shape index (κ2) is 5.86. The molecule has 2 aliphatic rings. The molecule has 0 aromatic rings. The van der Waals surface area contributed by atoms with Gasteiger partial charge in [0.25, 0.3) is 0 Å². The lowest BCUT2D eigenvalue weighted by Crippen LogP contribution is -2.54. The Labute approximate surface area is 110 Å². The van der Waals surface area contributed by atoms with E-state index < -0.39 is 15.6 Å². The smallest absolute Gasteiger partial charge is 0.213 e. The van der Waals surface area contributed by atoms with Gasteiger partial charge in [-0.25, -0.2) is 13.1 Å². The van der Waals surface area contributed by atoms with Crippen LogP contribution in [0.4, 0.5) is 0 Å². The first kappa shape index (κ1) is 14.2. The molecule has 106 valence electrons. The lowest BCUT2D eigenvalue weighted by molar-refractivity contribution is 0.0386. The molecule has 18 heavy (non-hydrogen) atoms. The van der Waals surface area contributed by atoms with Gasteiger partial charge in [0.15, 0.2) is 0 Å². The highest BCUT2D eigenvalue weighted by Gasteiger charge is 2.33. The third-order valence-corrected chi connectivity index (χ3v) is 5.32. The van der Waals surface area contributed by atoms with Crippen molar-refractivity contribution in [1.29, 1.82) is 0 Å². The van der Waals surface area contributed by atoms with Crippen molar-refractivity contribution in [3.8, 4) is 0 Å². The predicted molar refractivity (Wildman–Crippen MR) is 71.0 cm³/mol. The normalized spacial score (nSPS) is 34.4. The van der Waals surface area contributed by atoms with E-state index in [-0.39, 0.29) is 11.8 Å². The summed E-state index contributed by atoms with van der Waals surface area (Å²) in [7, 11) is -3.23. The summed E-state index contributed by atoms with van der Waals surface area (Å²) >= 11 is 0. The molecule has 6 heteroatoms. The summed E-state index contributed by atoms with van der Waals surface area (Å²) in [4.78, 5) is 0. The Morgan fingerprint density at radius 3 is 2.83 bits per heavy atom. The first-order valence-electron chi connectivity index (χ1n) is 6.82. The second-order valence-corrected chi connectivity index (χ2v) is 7.51. The van der Waals surface area contributed by atoms with Crippen molar-refractivity contribution in [1.82, 2.24) is 10.0 Å². The number of sulfonamides is 1. The van der Waals surface area contributed by atoms with Crippen LogP contribution in [-0.2, 0) is 14.8 Å². The second-order valence-electron chi connectivity index (χ2n) is 5.75. The molecule has 2 atom stereocenters. The molecular weight excluding hydrogens is 252 g/mol. The lowest BCUT2D eigenvalue weighted by Gasteiger charge is -2.34. The van der Waals surface area contributed by atoms with Crippen molar-refractivity contribution in [3.63, 3.8) is 0 Å². The monoisotopic (exact) mass is 276 g/mol. The molecule has 0 amide bonds. The summed E-state index contributed by atoms with van der Waals surface area (Å²) in [6, 6.07) is 0.101. The third-order valence-electron chi connectivity index (χ3n) is 3.67. The molecule has 2 unspecified atom stereocenters. The van der Waals surface area contributed by atoms with Crippen LogP contribution in [0.15, 0.2) is 0 Å². The largest absolute Gasteiger partial charge is 0.380 e. The van der Waals surface area contributed by atoms with Gasteiger partial charge in [-0.1, -0.05) is 6.42 Å². The van der Waals surface area contributed by atoms with Crippen LogP contribution in [0.5, 0.6) is 0 Å². The van der Waals surface area contributed by atoms with Gasteiger partial charge in [0, 0.05) is 12.6 Å². The summed E-state index contributed by atoms with van der Waals surface area (Å²) in [6.07, 6.45) is 4.99. The van der Waals surface area contributed by atoms with Gasteiger partial charge in [-0.05, 0) is 39.2 Å². The number of rotatable bonds is 4. The highest BCUT2D eigenvalue weighted by molar-refractivity contribution is 7.89. The van der Waals surface area contributed by atoms with Crippen molar-refractivity contribution < 1.29 is 13.2 Å². The topological polar surface area (TPSA) is 67.4 Å². The summed E-state index contributed by atoms with van der Waals surface area (Å²) in [5.41, 5.74) is -0.425. The van der Waals surface area contributed by atoms with Crippen LogP contribution in [0.25, 0.3) is 0 Å². The Hall–Kier alpha value is -0.170. The average Bonchev–Trinajstić information content (AvgIpc) is 2.29. The quantitative estimate of drug-likeness (QED) is 0.790. The fourth-order valence-electron chi connectivity index (χ4n) is 2.76. The van der Waals surface area contributed by atoms with Crippen molar-refractivity contribution >= 4 is 10.0 Å². The molecule has 0 aromatic carbocycles. The van der Waals surface area contributed by atoms with Crippen LogP contribution in [0.3, 0.4) is 0 Å². The standard InChI is InChI=1S/C12H24N2O3S/c1-12(6-4-8-17-10-12)14-18(15,16)9-11-5-2-3-7-13-11/h11,13-14H,2-10H2,1H3. The van der Waals surface area contributed by atoms with Gasteiger partial charge in [0.1, 0.15) is 0 Å². The third kappa shape index (κ3) is 4.19. The number of piperidine rings is 1. The van der Waals surface area contributed by atoms with Crippen LogP contribution >= 0.6 is 0 Å². The van der Waals surface area contributed by atoms with Gasteiger partial charge < -0.3 is 10.1 Å². The van der Waals surface area contributed by atoms with Crippen molar-refractivity contribution in [2.75, 3.05) is 25.5 Å². The van der Waals surface area contributed by atoms with E-state index in [0.29, 0.717) is 6.61 Å². The van der Waals surface area contributed by atoms with Crippen LogP contribution < -0.4 is 10.0 Å². The van der Waals surface area contributed by atoms with Crippen molar-refractivity contribution in [2.24, 2.45) is 0 Å². The zero-order chi connectivity index (χ0) is 13.1. The Kier molecular flexibility index (Phi) is 4.64. The SMILES string of the molecule is CC1(NS(=O)(=O)CC2CCCCN2)CCCOC1. The van der Waals surface area contributed by atoms with Gasteiger partial charge in [-0.15, -0.1) is 0 Å². The maximum absolute atomic E-state index is 12.2. The molecule has 2 saturated heterocycles. The minimum absolute atomic E-state index is 0.101. The zero-order valence-electron chi connectivity index (χ0n) is 11.1. The van der Waals surface area contributed by atoms with Crippen molar-refractivity contribution in [3.05, 3.63) is 0 Å². The van der Waals surface area contributed by atoms with Gasteiger partial charge in [0.2, 0.25) is 10.0 Å². The van der Waals surface area contributed by atoms with E-state index in [1.54, 1.807) is 0 Å². The zero-order valence-corrected chi connectivity index (χ0v) is 11.9. The highest BCUT2D eigenvalue weighted by Crippen LogP contribution is 2.20. The molecule has 0 spiro atoms. The van der Waals surface area contributed by atoms with Crippen LogP contribution in [0.2, 0.25) is 0 Å². The molecule has 0 radical (unpaired) electrons. The van der Waals surface area contributed by atoms with E-state index in [0.717, 1.165) is 45.3 Å². The maximum atomic E-state index is 12.2. The van der Waals surface area contributed by atoms with E-state index >= 15 is 0 Å². The van der Waals surface area contributed by atoms with E-state index in [2.05, 4.69) is 10.0 Å². The van der Waals surface area contributed by atoms with Gasteiger partial charge in [0.05, 0.1) is 17.9 Å². The average molecular weight is 276 g/mol. The number of ether oxygens (including phenoxy) is 1. The summed E-state index contributed by atoms with van der Waals surface area (Å²) in [5.74, 6) is 0.183. The molecule has 2 fully saturated rings. The summed E-state index contributed by atoms with van der Waals surface area (Å²) < 4.78 is 32.5. The minimum atomic E-state index is -3.23. The van der Waals surface area contributed by atoms with Crippen LogP contribution in [0.1, 0.15) is 39.0 Å². The summed E-state index contributed by atoms with van der Waals surface area (Å²) in [5, 5.41) is 3.27. The molecule has 2 N–H and O–H groups in total. The molecule has 2 heterocycles. The molecule has 0 aromatic heterocycles. The van der Waals surface area contributed by atoms with E-state index in [1.165, 1.54) is 0 Å².